The van der Waals surface area contributed by atoms with Crippen molar-refractivity contribution >= 4 is 5.91 Å². The lowest BCUT2D eigenvalue weighted by atomic mass is 10.1. The Morgan fingerprint density at radius 1 is 0.800 bits per heavy atom. The molecule has 0 aromatic heterocycles. The number of alkyl halides is 3. The van der Waals surface area contributed by atoms with Crippen LogP contribution in [0.3, 0.4) is 0 Å². The number of nitrogens with one attached hydrogen (secondary N) is 1. The van der Waals surface area contributed by atoms with Crippen molar-refractivity contribution < 1.29 is 22.4 Å². The SMILES string of the molecule is CCCCCCCCCCCCNC(=O)c1ccc(C[N]Cc2ccc(C(F)(F)F)c(F)c2)cc1. The number of nitrogens with zero attached hydrogens (tertiary/aromatic N) is 1. The van der Waals surface area contributed by atoms with Crippen LogP contribution in [0.15, 0.2) is 42.5 Å². The zero-order valence-electron chi connectivity index (χ0n) is 20.6. The van der Waals surface area contributed by atoms with Gasteiger partial charge in [-0.3, -0.25) is 4.79 Å². The Morgan fingerprint density at radius 2 is 1.34 bits per heavy atom. The van der Waals surface area contributed by atoms with E-state index in [1.165, 1.54) is 57.4 Å². The van der Waals surface area contributed by atoms with E-state index in [9.17, 15) is 22.4 Å². The summed E-state index contributed by atoms with van der Waals surface area (Å²) in [6.07, 6.45) is 7.81. The van der Waals surface area contributed by atoms with Gasteiger partial charge in [0.2, 0.25) is 0 Å². The summed E-state index contributed by atoms with van der Waals surface area (Å²) in [6, 6.07) is 9.90. The third-order valence-corrected chi connectivity index (χ3v) is 5.96. The van der Waals surface area contributed by atoms with Crippen molar-refractivity contribution in [2.75, 3.05) is 6.54 Å². The second-order valence-electron chi connectivity index (χ2n) is 8.99. The van der Waals surface area contributed by atoms with Gasteiger partial charge in [0.15, 0.2) is 0 Å². The average molecular weight is 494 g/mol. The summed E-state index contributed by atoms with van der Waals surface area (Å²) >= 11 is 0. The van der Waals surface area contributed by atoms with Crippen molar-refractivity contribution in [3.8, 4) is 0 Å². The Kier molecular flexibility index (Phi) is 12.8. The van der Waals surface area contributed by atoms with Gasteiger partial charge in [0.25, 0.3) is 5.91 Å². The van der Waals surface area contributed by atoms with Crippen molar-refractivity contribution in [2.24, 2.45) is 0 Å². The summed E-state index contributed by atoms with van der Waals surface area (Å²) in [5, 5.41) is 7.23. The van der Waals surface area contributed by atoms with Crippen LogP contribution in [0.25, 0.3) is 0 Å². The highest BCUT2D eigenvalue weighted by Crippen LogP contribution is 2.31. The Balaban J connectivity index is 1.60. The topological polar surface area (TPSA) is 43.2 Å². The molecule has 1 amide bonds. The molecule has 7 heteroatoms. The van der Waals surface area contributed by atoms with Crippen LogP contribution in [0.5, 0.6) is 0 Å². The molecular weight excluding hydrogens is 456 g/mol. The number of carbonyl (C=O) groups is 1. The van der Waals surface area contributed by atoms with E-state index in [2.05, 4.69) is 17.6 Å². The number of unbranched alkanes of at least 4 members (excludes halogenated alkanes) is 9. The number of halogens is 4. The first-order valence-corrected chi connectivity index (χ1v) is 12.7. The minimum Gasteiger partial charge on any atom is -0.352 e. The molecule has 2 aromatic carbocycles. The number of hydrogen-bond acceptors (Lipinski definition) is 1. The van der Waals surface area contributed by atoms with Gasteiger partial charge in [-0.05, 0) is 41.8 Å². The average Bonchev–Trinajstić information content (AvgIpc) is 2.82. The molecule has 0 atom stereocenters. The first kappa shape index (κ1) is 28.8. The molecule has 0 heterocycles. The maximum absolute atomic E-state index is 13.6. The van der Waals surface area contributed by atoms with Crippen molar-refractivity contribution in [3.63, 3.8) is 0 Å². The number of rotatable bonds is 16. The van der Waals surface area contributed by atoms with Gasteiger partial charge >= 0.3 is 6.18 Å². The van der Waals surface area contributed by atoms with Gasteiger partial charge < -0.3 is 5.32 Å². The molecule has 0 spiro atoms. The number of benzene rings is 2. The molecule has 0 aliphatic heterocycles. The first-order chi connectivity index (χ1) is 16.8. The van der Waals surface area contributed by atoms with E-state index in [1.807, 2.05) is 0 Å². The van der Waals surface area contributed by atoms with E-state index >= 15 is 0 Å². The molecule has 3 nitrogen and oxygen atoms in total. The summed E-state index contributed by atoms with van der Waals surface area (Å²) in [5.74, 6) is -1.40. The van der Waals surface area contributed by atoms with Crippen LogP contribution < -0.4 is 10.6 Å². The van der Waals surface area contributed by atoms with Crippen molar-refractivity contribution in [2.45, 2.75) is 90.4 Å². The fraction of sp³-hybridized carbons (Fsp3) is 0.536. The Labute approximate surface area is 206 Å². The molecule has 0 aliphatic rings. The molecule has 0 aliphatic carbocycles. The minimum atomic E-state index is -4.71. The normalized spacial score (nSPS) is 11.6. The molecule has 0 saturated heterocycles. The molecule has 2 aromatic rings. The third-order valence-electron chi connectivity index (χ3n) is 5.96. The lowest BCUT2D eigenvalue weighted by Crippen LogP contribution is -2.24. The second-order valence-corrected chi connectivity index (χ2v) is 8.99. The van der Waals surface area contributed by atoms with Crippen LogP contribution in [-0.4, -0.2) is 12.5 Å². The fourth-order valence-electron chi connectivity index (χ4n) is 3.88. The summed E-state index contributed by atoms with van der Waals surface area (Å²) in [7, 11) is 0. The molecule has 35 heavy (non-hydrogen) atoms. The molecular formula is C28H37F4N2O. The van der Waals surface area contributed by atoms with E-state index in [-0.39, 0.29) is 12.5 Å². The lowest BCUT2D eigenvalue weighted by molar-refractivity contribution is -0.140. The number of hydrogen-bond donors (Lipinski definition) is 1. The van der Waals surface area contributed by atoms with Gasteiger partial charge in [0, 0.05) is 25.2 Å². The molecule has 1 radical (unpaired) electrons. The Bertz CT molecular complexity index is 882. The largest absolute Gasteiger partial charge is 0.419 e. The predicted octanol–water partition coefficient (Wildman–Crippen LogP) is 7.80. The Hall–Kier alpha value is -2.41. The van der Waals surface area contributed by atoms with Gasteiger partial charge in [-0.1, -0.05) is 82.9 Å². The van der Waals surface area contributed by atoms with Gasteiger partial charge in [-0.2, -0.15) is 13.2 Å². The quantitative estimate of drug-likeness (QED) is 0.188. The lowest BCUT2D eigenvalue weighted by Gasteiger charge is -2.10. The van der Waals surface area contributed by atoms with Gasteiger partial charge in [0.1, 0.15) is 5.82 Å². The van der Waals surface area contributed by atoms with Gasteiger partial charge in [-0.15, -0.1) is 0 Å². The fourth-order valence-corrected chi connectivity index (χ4v) is 3.88. The van der Waals surface area contributed by atoms with Gasteiger partial charge in [0.05, 0.1) is 5.56 Å². The smallest absolute Gasteiger partial charge is 0.352 e. The minimum absolute atomic E-state index is 0.107. The van der Waals surface area contributed by atoms with Crippen LogP contribution >= 0.6 is 0 Å². The molecule has 2 rings (SSSR count). The summed E-state index contributed by atoms with van der Waals surface area (Å²) < 4.78 is 51.6. The molecule has 1 N–H and O–H groups in total. The summed E-state index contributed by atoms with van der Waals surface area (Å²) in [6.45, 7) is 3.32. The highest BCUT2D eigenvalue weighted by Gasteiger charge is 2.33. The molecule has 0 bridgehead atoms. The third kappa shape index (κ3) is 11.2. The molecule has 0 saturated carbocycles. The predicted molar refractivity (Wildman–Crippen MR) is 132 cm³/mol. The van der Waals surface area contributed by atoms with E-state index in [0.717, 1.165) is 30.5 Å². The van der Waals surface area contributed by atoms with Crippen LogP contribution in [0.2, 0.25) is 0 Å². The van der Waals surface area contributed by atoms with Crippen molar-refractivity contribution in [3.05, 3.63) is 70.5 Å². The van der Waals surface area contributed by atoms with E-state index in [0.29, 0.717) is 24.2 Å². The van der Waals surface area contributed by atoms with Crippen LogP contribution in [-0.2, 0) is 19.3 Å². The van der Waals surface area contributed by atoms with Crippen LogP contribution in [0, 0.1) is 5.82 Å². The highest BCUT2D eigenvalue weighted by atomic mass is 19.4. The number of amides is 1. The first-order valence-electron chi connectivity index (χ1n) is 12.7. The monoisotopic (exact) mass is 493 g/mol. The maximum atomic E-state index is 13.6. The summed E-state index contributed by atoms with van der Waals surface area (Å²) in [5.41, 5.74) is 0.538. The molecule has 0 unspecified atom stereocenters. The zero-order chi connectivity index (χ0) is 25.5. The van der Waals surface area contributed by atoms with Gasteiger partial charge in [-0.25, -0.2) is 9.71 Å². The van der Waals surface area contributed by atoms with Crippen molar-refractivity contribution in [1.29, 1.82) is 0 Å². The van der Waals surface area contributed by atoms with E-state index in [1.54, 1.807) is 24.3 Å². The van der Waals surface area contributed by atoms with E-state index < -0.39 is 17.6 Å². The molecule has 0 fully saturated rings. The highest BCUT2D eigenvalue weighted by molar-refractivity contribution is 5.94. The Morgan fingerprint density at radius 3 is 1.91 bits per heavy atom. The summed E-state index contributed by atoms with van der Waals surface area (Å²) in [4.78, 5) is 12.3. The maximum Gasteiger partial charge on any atom is 0.419 e. The zero-order valence-corrected chi connectivity index (χ0v) is 20.6. The second kappa shape index (κ2) is 15.6. The van der Waals surface area contributed by atoms with E-state index in [4.69, 9.17) is 0 Å². The number of carbonyl (C=O) groups excluding carboxylic acids is 1. The van der Waals surface area contributed by atoms with Crippen LogP contribution in [0.1, 0.15) is 98.2 Å². The standard InChI is InChI=1S/C28H37F4N2O/c1-2-3-4-5-6-7-8-9-10-11-18-34-27(35)24-15-12-22(13-16-24)20-33-21-23-14-17-25(26(29)19-23)28(30,31)32/h12-17,19H,2-11,18,20-21H2,1H3,(H,34,35). The van der Waals surface area contributed by atoms with Crippen molar-refractivity contribution in [1.82, 2.24) is 10.6 Å². The molecule has 193 valence electrons. The van der Waals surface area contributed by atoms with Crippen LogP contribution in [0.4, 0.5) is 17.6 Å².